The molecule has 7 heteroatoms. The molecule has 1 heterocycles. The summed E-state index contributed by atoms with van der Waals surface area (Å²) in [7, 11) is 4.07. The van der Waals surface area contributed by atoms with Gasteiger partial charge in [-0.25, -0.2) is 4.79 Å². The molecule has 0 aliphatic carbocycles. The number of nitrogens with zero attached hydrogens (tertiary/aromatic N) is 3. The first-order valence-electron chi connectivity index (χ1n) is 11.9. The van der Waals surface area contributed by atoms with Crippen LogP contribution in [0.3, 0.4) is 0 Å². The number of carbonyl (C=O) groups is 2. The number of hydrogen-bond acceptors (Lipinski definition) is 5. The van der Waals surface area contributed by atoms with E-state index in [-0.39, 0.29) is 5.91 Å². The fraction of sp³-hybridized carbons (Fsp3) is 0.481. The minimum Gasteiger partial charge on any atom is -0.444 e. The van der Waals surface area contributed by atoms with Gasteiger partial charge in [0.1, 0.15) is 11.6 Å². The predicted molar refractivity (Wildman–Crippen MR) is 136 cm³/mol. The summed E-state index contributed by atoms with van der Waals surface area (Å²) in [6, 6.07) is 17.7. The lowest BCUT2D eigenvalue weighted by Gasteiger charge is -2.36. The van der Waals surface area contributed by atoms with Gasteiger partial charge in [-0.2, -0.15) is 0 Å². The minimum atomic E-state index is -0.664. The van der Waals surface area contributed by atoms with Crippen molar-refractivity contribution in [1.29, 1.82) is 0 Å². The van der Waals surface area contributed by atoms with E-state index in [9.17, 15) is 9.59 Å². The molecule has 3 rings (SSSR count). The first-order valence-corrected chi connectivity index (χ1v) is 11.9. The summed E-state index contributed by atoms with van der Waals surface area (Å²) in [5.74, 6) is -0.0651. The van der Waals surface area contributed by atoms with Crippen molar-refractivity contribution in [2.24, 2.45) is 0 Å². The molecule has 1 fully saturated rings. The Labute approximate surface area is 203 Å². The van der Waals surface area contributed by atoms with E-state index in [4.69, 9.17) is 4.74 Å². The van der Waals surface area contributed by atoms with Gasteiger partial charge in [0.05, 0.1) is 0 Å². The Morgan fingerprint density at radius 3 is 2.12 bits per heavy atom. The first-order chi connectivity index (χ1) is 16.1. The third kappa shape index (κ3) is 7.76. The molecular formula is C27H38N4O3. The lowest BCUT2D eigenvalue weighted by atomic mass is 10.0. The van der Waals surface area contributed by atoms with Crippen LogP contribution in [0.15, 0.2) is 54.6 Å². The van der Waals surface area contributed by atoms with Crippen molar-refractivity contribution in [2.45, 2.75) is 45.4 Å². The molecule has 0 bridgehead atoms. The normalized spacial score (nSPS) is 15.5. The van der Waals surface area contributed by atoms with Gasteiger partial charge in [0.15, 0.2) is 0 Å². The summed E-state index contributed by atoms with van der Waals surface area (Å²) in [5, 5.41) is 2.81. The third-order valence-corrected chi connectivity index (χ3v) is 5.81. The maximum atomic E-state index is 13.4. The second kappa shape index (κ2) is 11.4. The summed E-state index contributed by atoms with van der Waals surface area (Å²) in [6.45, 7) is 9.16. The average Bonchev–Trinajstić information content (AvgIpc) is 2.78. The zero-order valence-electron chi connectivity index (χ0n) is 21.1. The number of carbonyl (C=O) groups excluding carboxylic acids is 2. The van der Waals surface area contributed by atoms with Gasteiger partial charge in [-0.05, 0) is 44.0 Å². The Balaban J connectivity index is 1.59. The van der Waals surface area contributed by atoms with Crippen LogP contribution in [0.25, 0.3) is 0 Å². The molecule has 1 aliphatic heterocycles. The molecule has 0 unspecified atom stereocenters. The van der Waals surface area contributed by atoms with Crippen molar-refractivity contribution in [3.05, 3.63) is 65.7 Å². The Hall–Kier alpha value is -3.06. The average molecular weight is 467 g/mol. The summed E-state index contributed by atoms with van der Waals surface area (Å²) in [6.07, 6.45) is -0.140. The summed E-state index contributed by atoms with van der Waals surface area (Å²) in [5.41, 5.74) is 2.82. The molecule has 34 heavy (non-hydrogen) atoms. The van der Waals surface area contributed by atoms with Gasteiger partial charge in [-0.3, -0.25) is 9.69 Å². The maximum Gasteiger partial charge on any atom is 0.408 e. The molecule has 7 nitrogen and oxygen atoms in total. The zero-order chi connectivity index (χ0) is 24.7. The maximum absolute atomic E-state index is 13.4. The molecule has 2 amide bonds. The number of nitrogens with one attached hydrogen (secondary N) is 1. The molecule has 0 radical (unpaired) electrons. The van der Waals surface area contributed by atoms with Gasteiger partial charge in [-0.1, -0.05) is 42.5 Å². The van der Waals surface area contributed by atoms with E-state index in [0.29, 0.717) is 19.5 Å². The lowest BCUT2D eigenvalue weighted by Crippen LogP contribution is -2.55. The molecule has 1 aliphatic rings. The number of ether oxygens (including phenoxy) is 1. The van der Waals surface area contributed by atoms with E-state index in [1.165, 1.54) is 11.3 Å². The van der Waals surface area contributed by atoms with Gasteiger partial charge in [0, 0.05) is 58.9 Å². The van der Waals surface area contributed by atoms with E-state index >= 15 is 0 Å². The van der Waals surface area contributed by atoms with Crippen LogP contribution in [0.4, 0.5) is 10.5 Å². The number of hydrogen-bond donors (Lipinski definition) is 1. The third-order valence-electron chi connectivity index (χ3n) is 5.81. The fourth-order valence-electron chi connectivity index (χ4n) is 4.00. The molecule has 2 aromatic carbocycles. The SMILES string of the molecule is CN(C)c1ccc(CN2CCN(C(=O)[C@H](Cc3ccccc3)NC(=O)OC(C)(C)C)CC2)cc1. The van der Waals surface area contributed by atoms with Crippen molar-refractivity contribution < 1.29 is 14.3 Å². The van der Waals surface area contributed by atoms with Crippen LogP contribution < -0.4 is 10.2 Å². The highest BCUT2D eigenvalue weighted by atomic mass is 16.6. The predicted octanol–water partition coefficient (Wildman–Crippen LogP) is 3.53. The van der Waals surface area contributed by atoms with Crippen molar-refractivity contribution in [1.82, 2.24) is 15.1 Å². The van der Waals surface area contributed by atoms with Crippen LogP contribution in [0.1, 0.15) is 31.9 Å². The first kappa shape index (κ1) is 25.6. The Bertz CT molecular complexity index is 931. The Kier molecular flexibility index (Phi) is 8.56. The molecular weight excluding hydrogens is 428 g/mol. The smallest absolute Gasteiger partial charge is 0.408 e. The number of piperazine rings is 1. The van der Waals surface area contributed by atoms with Crippen LogP contribution >= 0.6 is 0 Å². The van der Waals surface area contributed by atoms with Crippen LogP contribution in [-0.2, 0) is 22.5 Å². The fourth-order valence-corrected chi connectivity index (χ4v) is 4.00. The van der Waals surface area contributed by atoms with Gasteiger partial charge >= 0.3 is 6.09 Å². The van der Waals surface area contributed by atoms with Gasteiger partial charge in [0.2, 0.25) is 5.91 Å². The number of rotatable bonds is 7. The summed E-state index contributed by atoms with van der Waals surface area (Å²) >= 11 is 0. The van der Waals surface area contributed by atoms with E-state index < -0.39 is 17.7 Å². The van der Waals surface area contributed by atoms with Crippen LogP contribution in [0.2, 0.25) is 0 Å². The standard InChI is InChI=1S/C27H38N4O3/c1-27(2,3)34-26(33)28-24(19-21-9-7-6-8-10-21)25(32)31-17-15-30(16-18-31)20-22-11-13-23(14-12-22)29(4)5/h6-14,24H,15-20H2,1-5H3,(H,28,33)/t24-/m0/s1. The Morgan fingerprint density at radius 2 is 1.56 bits per heavy atom. The summed E-state index contributed by atoms with van der Waals surface area (Å²) in [4.78, 5) is 32.2. The molecule has 1 saturated heterocycles. The minimum absolute atomic E-state index is 0.0651. The summed E-state index contributed by atoms with van der Waals surface area (Å²) < 4.78 is 5.42. The van der Waals surface area contributed by atoms with E-state index in [1.54, 1.807) is 0 Å². The lowest BCUT2D eigenvalue weighted by molar-refractivity contribution is -0.135. The van der Waals surface area contributed by atoms with Crippen LogP contribution in [0.5, 0.6) is 0 Å². The molecule has 2 aromatic rings. The Morgan fingerprint density at radius 1 is 0.941 bits per heavy atom. The molecule has 0 spiro atoms. The van der Waals surface area contributed by atoms with E-state index in [1.807, 2.05) is 70.1 Å². The van der Waals surface area contributed by atoms with E-state index in [2.05, 4.69) is 39.4 Å². The van der Waals surface area contributed by atoms with Crippen LogP contribution in [0, 0.1) is 0 Å². The molecule has 0 aromatic heterocycles. The van der Waals surface area contributed by atoms with Gasteiger partial charge < -0.3 is 19.9 Å². The number of amides is 2. The monoisotopic (exact) mass is 466 g/mol. The number of anilines is 1. The highest BCUT2D eigenvalue weighted by Gasteiger charge is 2.30. The quantitative estimate of drug-likeness (QED) is 0.676. The van der Waals surface area contributed by atoms with Crippen molar-refractivity contribution in [3.8, 4) is 0 Å². The number of alkyl carbamates (subject to hydrolysis) is 1. The zero-order valence-corrected chi connectivity index (χ0v) is 21.1. The molecule has 184 valence electrons. The highest BCUT2D eigenvalue weighted by Crippen LogP contribution is 2.16. The van der Waals surface area contributed by atoms with Crippen LogP contribution in [-0.4, -0.2) is 73.7 Å². The molecule has 1 atom stereocenters. The van der Waals surface area contributed by atoms with Crippen molar-refractivity contribution >= 4 is 17.7 Å². The van der Waals surface area contributed by atoms with E-state index in [0.717, 1.165) is 25.2 Å². The second-order valence-corrected chi connectivity index (χ2v) is 10.1. The van der Waals surface area contributed by atoms with Gasteiger partial charge in [0.25, 0.3) is 0 Å². The topological polar surface area (TPSA) is 65.1 Å². The second-order valence-electron chi connectivity index (χ2n) is 10.1. The number of benzene rings is 2. The van der Waals surface area contributed by atoms with Crippen molar-refractivity contribution in [2.75, 3.05) is 45.2 Å². The largest absolute Gasteiger partial charge is 0.444 e. The molecule has 1 N–H and O–H groups in total. The van der Waals surface area contributed by atoms with Crippen molar-refractivity contribution in [3.63, 3.8) is 0 Å². The van der Waals surface area contributed by atoms with Gasteiger partial charge in [-0.15, -0.1) is 0 Å². The highest BCUT2D eigenvalue weighted by molar-refractivity contribution is 5.86. The molecule has 0 saturated carbocycles.